The highest BCUT2D eigenvalue weighted by Gasteiger charge is 2.39. The number of carboxylic acids is 1. The minimum atomic E-state index is -1.36. The second-order valence-corrected chi connectivity index (χ2v) is 7.83. The molecule has 0 aromatic heterocycles. The molecule has 2 aromatic rings. The van der Waals surface area contributed by atoms with E-state index in [0.29, 0.717) is 5.69 Å². The number of carbonyl (C=O) groups is 3. The van der Waals surface area contributed by atoms with Crippen molar-refractivity contribution >= 4 is 35.2 Å². The molecule has 0 atom stereocenters. The van der Waals surface area contributed by atoms with Crippen LogP contribution in [0.1, 0.15) is 18.1 Å². The van der Waals surface area contributed by atoms with Gasteiger partial charge in [-0.3, -0.25) is 20.2 Å². The van der Waals surface area contributed by atoms with E-state index in [0.717, 1.165) is 28.4 Å². The number of hydrogen-bond acceptors (Lipinski definition) is 6. The van der Waals surface area contributed by atoms with Gasteiger partial charge in [-0.05, 0) is 55.3 Å². The van der Waals surface area contributed by atoms with Crippen LogP contribution < -0.4 is 20.4 Å². The molecule has 8 heteroatoms. The fourth-order valence-corrected chi connectivity index (χ4v) is 3.72. The Balaban J connectivity index is 1.73. The number of anilines is 2. The van der Waals surface area contributed by atoms with E-state index < -0.39 is 23.4 Å². The lowest BCUT2D eigenvalue weighted by Gasteiger charge is -2.38. The van der Waals surface area contributed by atoms with Gasteiger partial charge in [0.05, 0.1) is 12.4 Å². The minimum absolute atomic E-state index is 0.0662. The molecule has 164 valence electrons. The third-order valence-electron chi connectivity index (χ3n) is 5.72. The molecule has 0 spiro atoms. The van der Waals surface area contributed by atoms with Crippen LogP contribution in [0, 0.1) is 6.92 Å². The van der Waals surface area contributed by atoms with Crippen LogP contribution in [-0.2, 0) is 14.4 Å². The largest absolute Gasteiger partial charge is 0.477 e. The molecular weight excluding hydrogens is 408 g/mol. The third-order valence-corrected chi connectivity index (χ3v) is 5.72. The van der Waals surface area contributed by atoms with Gasteiger partial charge in [0.15, 0.2) is 0 Å². The van der Waals surface area contributed by atoms with Crippen molar-refractivity contribution in [2.75, 3.05) is 23.5 Å². The van der Waals surface area contributed by atoms with E-state index in [1.165, 1.54) is 6.92 Å². The van der Waals surface area contributed by atoms with Gasteiger partial charge >= 0.3 is 5.97 Å². The summed E-state index contributed by atoms with van der Waals surface area (Å²) < 4.78 is 0. The molecule has 32 heavy (non-hydrogen) atoms. The van der Waals surface area contributed by atoms with Crippen LogP contribution in [0.3, 0.4) is 0 Å². The van der Waals surface area contributed by atoms with Crippen LogP contribution in [0.4, 0.5) is 11.4 Å². The van der Waals surface area contributed by atoms with Gasteiger partial charge in [-0.25, -0.2) is 9.69 Å². The molecule has 4 rings (SSSR count). The SMILES string of the molecule is CC1=C(C(=O)O)C(=O)N(c2ccc(C)cc2)C(=O)/C1=C\c1ccc(N(C)C2NCN2)cc1. The van der Waals surface area contributed by atoms with Crippen molar-refractivity contribution in [2.45, 2.75) is 20.1 Å². The average Bonchev–Trinajstić information content (AvgIpc) is 2.71. The summed E-state index contributed by atoms with van der Waals surface area (Å²) in [4.78, 5) is 41.0. The lowest BCUT2D eigenvalue weighted by atomic mass is 9.92. The zero-order valence-corrected chi connectivity index (χ0v) is 18.0. The monoisotopic (exact) mass is 432 g/mol. The first-order valence-electron chi connectivity index (χ1n) is 10.2. The van der Waals surface area contributed by atoms with E-state index in [1.807, 2.05) is 43.1 Å². The Morgan fingerprint density at radius 1 is 1.03 bits per heavy atom. The molecule has 0 bridgehead atoms. The van der Waals surface area contributed by atoms with Crippen LogP contribution in [0.2, 0.25) is 0 Å². The maximum atomic E-state index is 13.3. The second kappa shape index (κ2) is 8.41. The van der Waals surface area contributed by atoms with Crippen molar-refractivity contribution < 1.29 is 19.5 Å². The summed E-state index contributed by atoms with van der Waals surface area (Å²) in [7, 11) is 1.96. The van der Waals surface area contributed by atoms with Gasteiger partial charge in [0, 0.05) is 18.3 Å². The summed E-state index contributed by atoms with van der Waals surface area (Å²) >= 11 is 0. The number of amides is 2. The standard InChI is InChI=1S/C24H24N4O4/c1-14-4-8-18(9-5-14)28-21(29)19(15(2)20(22(28)30)23(31)32)12-16-6-10-17(11-7-16)27(3)24-25-13-26-24/h4-12,24-26H,13H2,1-3H3,(H,31,32)/b19-12-. The summed E-state index contributed by atoms with van der Waals surface area (Å²) in [6.45, 7) is 4.14. The lowest BCUT2D eigenvalue weighted by molar-refractivity contribution is -0.135. The number of imide groups is 1. The van der Waals surface area contributed by atoms with Crippen LogP contribution in [0.25, 0.3) is 6.08 Å². The number of carbonyl (C=O) groups excluding carboxylic acids is 2. The predicted octanol–water partition coefficient (Wildman–Crippen LogP) is 2.22. The summed E-state index contributed by atoms with van der Waals surface area (Å²) in [5.74, 6) is -2.75. The van der Waals surface area contributed by atoms with E-state index in [-0.39, 0.29) is 17.4 Å². The molecule has 0 aliphatic carbocycles. The van der Waals surface area contributed by atoms with Gasteiger partial charge in [0.1, 0.15) is 11.9 Å². The van der Waals surface area contributed by atoms with Gasteiger partial charge in [-0.15, -0.1) is 0 Å². The lowest BCUT2D eigenvalue weighted by Crippen LogP contribution is -2.66. The van der Waals surface area contributed by atoms with Crippen LogP contribution >= 0.6 is 0 Å². The van der Waals surface area contributed by atoms with Crippen molar-refractivity contribution in [3.8, 4) is 0 Å². The third kappa shape index (κ3) is 3.81. The number of rotatable bonds is 5. The van der Waals surface area contributed by atoms with Crippen molar-refractivity contribution in [1.29, 1.82) is 0 Å². The van der Waals surface area contributed by atoms with Gasteiger partial charge in [0.2, 0.25) is 0 Å². The first kappa shape index (κ1) is 21.5. The smallest absolute Gasteiger partial charge is 0.341 e. The van der Waals surface area contributed by atoms with Crippen molar-refractivity contribution in [3.05, 3.63) is 76.4 Å². The summed E-state index contributed by atoms with van der Waals surface area (Å²) in [6, 6.07) is 14.4. The zero-order valence-electron chi connectivity index (χ0n) is 18.0. The summed E-state index contributed by atoms with van der Waals surface area (Å²) in [5, 5.41) is 16.2. The van der Waals surface area contributed by atoms with Crippen LogP contribution in [0.5, 0.6) is 0 Å². The molecule has 3 N–H and O–H groups in total. The molecule has 2 aromatic carbocycles. The number of nitrogens with zero attached hydrogens (tertiary/aromatic N) is 2. The highest BCUT2D eigenvalue weighted by atomic mass is 16.4. The number of nitrogens with one attached hydrogen (secondary N) is 2. The highest BCUT2D eigenvalue weighted by molar-refractivity contribution is 6.37. The van der Waals surface area contributed by atoms with E-state index in [2.05, 4.69) is 10.6 Å². The van der Waals surface area contributed by atoms with E-state index in [9.17, 15) is 19.5 Å². The number of benzene rings is 2. The topological polar surface area (TPSA) is 102 Å². The quantitative estimate of drug-likeness (QED) is 0.378. The van der Waals surface area contributed by atoms with Gasteiger partial charge in [-0.2, -0.15) is 0 Å². The Bertz CT molecular complexity index is 1150. The summed E-state index contributed by atoms with van der Waals surface area (Å²) in [5.41, 5.74) is 2.91. The molecule has 2 aliphatic rings. The van der Waals surface area contributed by atoms with Crippen molar-refractivity contribution in [3.63, 3.8) is 0 Å². The Morgan fingerprint density at radius 2 is 1.66 bits per heavy atom. The minimum Gasteiger partial charge on any atom is -0.477 e. The molecule has 0 unspecified atom stereocenters. The Labute approximate surface area is 185 Å². The van der Waals surface area contributed by atoms with Gasteiger partial charge in [0.25, 0.3) is 11.8 Å². The van der Waals surface area contributed by atoms with Crippen molar-refractivity contribution in [2.24, 2.45) is 0 Å². The number of aryl methyl sites for hydroxylation is 1. The predicted molar refractivity (Wildman–Crippen MR) is 122 cm³/mol. The van der Waals surface area contributed by atoms with E-state index in [4.69, 9.17) is 0 Å². The van der Waals surface area contributed by atoms with E-state index >= 15 is 0 Å². The fourth-order valence-electron chi connectivity index (χ4n) is 3.72. The van der Waals surface area contributed by atoms with Crippen molar-refractivity contribution in [1.82, 2.24) is 10.6 Å². The first-order valence-corrected chi connectivity index (χ1v) is 10.2. The van der Waals surface area contributed by atoms with Crippen LogP contribution in [0.15, 0.2) is 65.3 Å². The van der Waals surface area contributed by atoms with Gasteiger partial charge < -0.3 is 10.0 Å². The Kier molecular flexibility index (Phi) is 5.65. The maximum Gasteiger partial charge on any atom is 0.341 e. The van der Waals surface area contributed by atoms with Gasteiger partial charge in [-0.1, -0.05) is 29.8 Å². The fraction of sp³-hybridized carbons (Fsp3) is 0.208. The molecule has 8 nitrogen and oxygen atoms in total. The zero-order chi connectivity index (χ0) is 23.0. The Morgan fingerprint density at radius 3 is 2.19 bits per heavy atom. The molecule has 2 heterocycles. The first-order chi connectivity index (χ1) is 15.3. The normalized spacial score (nSPS) is 18.2. The summed E-state index contributed by atoms with van der Waals surface area (Å²) in [6.07, 6.45) is 1.69. The molecular formula is C24H24N4O4. The van der Waals surface area contributed by atoms with Crippen LogP contribution in [-0.4, -0.2) is 42.9 Å². The number of aliphatic carboxylic acids is 1. The molecule has 2 aliphatic heterocycles. The molecule has 0 saturated carbocycles. The molecule has 0 radical (unpaired) electrons. The number of carboxylic acid groups (broad SMARTS) is 1. The average molecular weight is 432 g/mol. The highest BCUT2D eigenvalue weighted by Crippen LogP contribution is 2.31. The maximum absolute atomic E-state index is 13.3. The molecule has 1 saturated heterocycles. The van der Waals surface area contributed by atoms with E-state index in [1.54, 1.807) is 30.3 Å². The molecule has 1 fully saturated rings. The number of hydrogen-bond donors (Lipinski definition) is 3. The second-order valence-electron chi connectivity index (χ2n) is 7.83. The Hall–Kier alpha value is -3.75. The molecule has 2 amide bonds.